The third-order valence-corrected chi connectivity index (χ3v) is 5.05. The highest BCUT2D eigenvalue weighted by Crippen LogP contribution is 2.33. The molecule has 0 aliphatic carbocycles. The van der Waals surface area contributed by atoms with E-state index in [0.717, 1.165) is 5.56 Å². The average molecular weight is 481 g/mol. The molecule has 0 radical (unpaired) electrons. The fourth-order valence-electron chi connectivity index (χ4n) is 3.38. The van der Waals surface area contributed by atoms with Crippen LogP contribution in [0.15, 0.2) is 18.2 Å². The lowest BCUT2D eigenvalue weighted by atomic mass is 10.1. The van der Waals surface area contributed by atoms with Crippen LogP contribution < -0.4 is 14.8 Å². The molecule has 0 bridgehead atoms. The van der Waals surface area contributed by atoms with Crippen LogP contribution in [0.3, 0.4) is 0 Å². The van der Waals surface area contributed by atoms with Gasteiger partial charge in [-0.05, 0) is 64.7 Å². The Hall–Kier alpha value is -3.17. The van der Waals surface area contributed by atoms with Gasteiger partial charge in [-0.2, -0.15) is 0 Å². The zero-order valence-electron chi connectivity index (χ0n) is 21.0. The molecule has 0 spiro atoms. The summed E-state index contributed by atoms with van der Waals surface area (Å²) in [5.41, 5.74) is 0.286. The fraction of sp³-hybridized carbons (Fsp3) is 0.625. The average Bonchev–Trinajstić information content (AvgIpc) is 3.18. The van der Waals surface area contributed by atoms with E-state index in [1.807, 2.05) is 32.0 Å². The number of carbonyl (C=O) groups is 3. The monoisotopic (exact) mass is 480 g/mol. The number of esters is 1. The van der Waals surface area contributed by atoms with Crippen LogP contribution >= 0.6 is 0 Å². The Labute approximate surface area is 200 Å². The minimum atomic E-state index is -0.944. The number of hydrogen-bond donors (Lipinski definition) is 1. The van der Waals surface area contributed by atoms with E-state index in [0.29, 0.717) is 24.5 Å². The van der Waals surface area contributed by atoms with Crippen molar-refractivity contribution in [2.24, 2.45) is 5.92 Å². The lowest BCUT2D eigenvalue weighted by molar-refractivity contribution is -0.156. The zero-order valence-corrected chi connectivity index (χ0v) is 21.0. The number of fused-ring (bicyclic) bond motifs is 1. The molecule has 1 heterocycles. The molecule has 2 unspecified atom stereocenters. The lowest BCUT2D eigenvalue weighted by Gasteiger charge is -2.27. The second-order valence-corrected chi connectivity index (χ2v) is 9.39. The summed E-state index contributed by atoms with van der Waals surface area (Å²) in [6.45, 7) is 12.5. The second-order valence-electron chi connectivity index (χ2n) is 9.39. The summed E-state index contributed by atoms with van der Waals surface area (Å²) in [6, 6.07) is 4.54. The molecular weight excluding hydrogens is 444 g/mol. The number of amides is 2. The molecule has 0 fully saturated rings. The van der Waals surface area contributed by atoms with Crippen LogP contribution in [0.2, 0.25) is 0 Å². The highest BCUT2D eigenvalue weighted by Gasteiger charge is 2.29. The summed E-state index contributed by atoms with van der Waals surface area (Å²) in [6.07, 6.45) is -0.756. The molecule has 1 aliphatic heterocycles. The van der Waals surface area contributed by atoms with E-state index in [-0.39, 0.29) is 18.8 Å². The van der Waals surface area contributed by atoms with E-state index >= 15 is 0 Å². The lowest BCUT2D eigenvalue weighted by Crippen LogP contribution is -2.47. The van der Waals surface area contributed by atoms with Gasteiger partial charge in [0, 0.05) is 12.6 Å². The molecule has 1 aliphatic rings. The number of nitrogens with zero attached hydrogens (tertiary/aromatic N) is 1. The first-order valence-corrected chi connectivity index (χ1v) is 11.4. The molecule has 0 aromatic heterocycles. The van der Waals surface area contributed by atoms with Crippen molar-refractivity contribution in [3.05, 3.63) is 23.8 Å². The number of rotatable bonds is 9. The number of carbonyl (C=O) groups excluding carboxylic acids is 3. The Kier molecular flexibility index (Phi) is 9.40. The number of likely N-dealkylation sites (N-methyl/N-ethyl adjacent to an activating group) is 1. The third-order valence-electron chi connectivity index (χ3n) is 5.05. The minimum Gasteiger partial charge on any atom is -0.454 e. The molecule has 190 valence electrons. The molecule has 2 atom stereocenters. The van der Waals surface area contributed by atoms with Crippen LogP contribution in [0.1, 0.15) is 54.0 Å². The van der Waals surface area contributed by atoms with Gasteiger partial charge in [-0.15, -0.1) is 0 Å². The van der Waals surface area contributed by atoms with Gasteiger partial charge < -0.3 is 33.9 Å². The first-order valence-electron chi connectivity index (χ1n) is 11.4. The van der Waals surface area contributed by atoms with E-state index < -0.39 is 36.6 Å². The fourth-order valence-corrected chi connectivity index (χ4v) is 3.38. The summed E-state index contributed by atoms with van der Waals surface area (Å²) in [7, 11) is 0. The minimum absolute atomic E-state index is 0.175. The van der Waals surface area contributed by atoms with E-state index in [9.17, 15) is 14.4 Å². The van der Waals surface area contributed by atoms with Crippen molar-refractivity contribution in [2.75, 3.05) is 20.1 Å². The van der Waals surface area contributed by atoms with Gasteiger partial charge in [0.1, 0.15) is 11.6 Å². The van der Waals surface area contributed by atoms with Gasteiger partial charge in [0.15, 0.2) is 11.5 Å². The van der Waals surface area contributed by atoms with Gasteiger partial charge in [0.25, 0.3) is 0 Å². The van der Waals surface area contributed by atoms with Crippen LogP contribution in [0.5, 0.6) is 11.5 Å². The van der Waals surface area contributed by atoms with Gasteiger partial charge in [-0.25, -0.2) is 14.4 Å². The Morgan fingerprint density at radius 2 is 1.76 bits per heavy atom. The number of hydrogen-bond acceptors (Lipinski definition) is 8. The smallest absolute Gasteiger partial charge is 0.412 e. The zero-order chi connectivity index (χ0) is 25.5. The third kappa shape index (κ3) is 8.00. The number of ether oxygens (including phenoxy) is 5. The SMILES string of the molecule is CCN(C(=O)OCOC(=O)C(NC(=O)OC(C)(C)C)C(C)C)C(C)Cc1ccc2c(c1)OCO2. The molecular formula is C24H36N2O8. The molecule has 1 N–H and O–H groups in total. The molecule has 0 saturated carbocycles. The van der Waals surface area contributed by atoms with Crippen LogP contribution in [-0.2, 0) is 25.4 Å². The van der Waals surface area contributed by atoms with Crippen molar-refractivity contribution in [3.8, 4) is 11.5 Å². The summed E-state index contributed by atoms with van der Waals surface area (Å²) in [5.74, 6) is 0.405. The van der Waals surface area contributed by atoms with Crippen LogP contribution in [0, 0.1) is 5.92 Å². The van der Waals surface area contributed by atoms with E-state index in [4.69, 9.17) is 23.7 Å². The number of nitrogens with one attached hydrogen (secondary N) is 1. The topological polar surface area (TPSA) is 113 Å². The Morgan fingerprint density at radius 1 is 1.09 bits per heavy atom. The van der Waals surface area contributed by atoms with Crippen molar-refractivity contribution >= 4 is 18.2 Å². The van der Waals surface area contributed by atoms with E-state index in [1.54, 1.807) is 34.6 Å². The summed E-state index contributed by atoms with van der Waals surface area (Å²) in [4.78, 5) is 38.6. The van der Waals surface area contributed by atoms with Crippen molar-refractivity contribution in [1.29, 1.82) is 0 Å². The molecule has 1 aromatic rings. The highest BCUT2D eigenvalue weighted by molar-refractivity contribution is 5.81. The quantitative estimate of drug-likeness (QED) is 0.419. The molecule has 34 heavy (non-hydrogen) atoms. The molecule has 0 saturated heterocycles. The summed E-state index contributed by atoms with van der Waals surface area (Å²) < 4.78 is 26.2. The molecule has 1 aromatic carbocycles. The Bertz CT molecular complexity index is 865. The van der Waals surface area contributed by atoms with Gasteiger partial charge in [0.2, 0.25) is 13.6 Å². The summed E-state index contributed by atoms with van der Waals surface area (Å²) in [5, 5.41) is 2.50. The predicted octanol–water partition coefficient (Wildman–Crippen LogP) is 3.85. The van der Waals surface area contributed by atoms with Crippen molar-refractivity contribution in [3.63, 3.8) is 0 Å². The van der Waals surface area contributed by atoms with E-state index in [2.05, 4.69) is 5.32 Å². The normalized spacial score (nSPS) is 14.2. The van der Waals surface area contributed by atoms with Crippen molar-refractivity contribution in [2.45, 2.75) is 72.6 Å². The van der Waals surface area contributed by atoms with Crippen molar-refractivity contribution < 1.29 is 38.1 Å². The standard InChI is InChI=1S/C24H36N2O8/c1-8-26(16(4)11-17-9-10-18-19(12-17)31-13-30-18)23(29)33-14-32-21(27)20(15(2)3)25-22(28)34-24(5,6)7/h9-10,12,15-16,20H,8,11,13-14H2,1-7H3,(H,25,28). The molecule has 10 heteroatoms. The Morgan fingerprint density at radius 3 is 2.38 bits per heavy atom. The van der Waals surface area contributed by atoms with Crippen LogP contribution in [-0.4, -0.2) is 60.9 Å². The predicted molar refractivity (Wildman–Crippen MR) is 124 cm³/mol. The first kappa shape index (κ1) is 27.1. The number of alkyl carbamates (subject to hydrolysis) is 1. The van der Waals surface area contributed by atoms with Gasteiger partial charge >= 0.3 is 18.2 Å². The Balaban J connectivity index is 1.85. The molecule has 2 amide bonds. The maximum atomic E-state index is 12.6. The molecule has 10 nitrogen and oxygen atoms in total. The van der Waals surface area contributed by atoms with E-state index in [1.165, 1.54) is 4.90 Å². The molecule has 2 rings (SSSR count). The number of benzene rings is 1. The maximum Gasteiger partial charge on any atom is 0.412 e. The van der Waals surface area contributed by atoms with Gasteiger partial charge in [0.05, 0.1) is 0 Å². The van der Waals surface area contributed by atoms with Crippen LogP contribution in [0.25, 0.3) is 0 Å². The van der Waals surface area contributed by atoms with Gasteiger partial charge in [-0.1, -0.05) is 19.9 Å². The second kappa shape index (κ2) is 11.8. The largest absolute Gasteiger partial charge is 0.454 e. The first-order chi connectivity index (χ1) is 15.9. The summed E-state index contributed by atoms with van der Waals surface area (Å²) >= 11 is 0. The maximum absolute atomic E-state index is 12.6. The highest BCUT2D eigenvalue weighted by atomic mass is 16.7. The van der Waals surface area contributed by atoms with Crippen LogP contribution in [0.4, 0.5) is 9.59 Å². The van der Waals surface area contributed by atoms with Crippen molar-refractivity contribution in [1.82, 2.24) is 10.2 Å². The van der Waals surface area contributed by atoms with Gasteiger partial charge in [-0.3, -0.25) is 0 Å².